The maximum Gasteiger partial charge on any atom is 0.254 e. The normalized spacial score (nSPS) is 11.3. The molecule has 1 N–H and O–H groups in total. The Hall–Kier alpha value is -2.83. The van der Waals surface area contributed by atoms with Crippen LogP contribution in [0.4, 0.5) is 5.82 Å². The summed E-state index contributed by atoms with van der Waals surface area (Å²) < 4.78 is 1.70. The average molecular weight is 473 g/mol. The van der Waals surface area contributed by atoms with Crippen LogP contribution in [0, 0.1) is 0 Å². The van der Waals surface area contributed by atoms with E-state index >= 15 is 0 Å². The summed E-state index contributed by atoms with van der Waals surface area (Å²) in [6, 6.07) is 16.1. The van der Waals surface area contributed by atoms with Crippen LogP contribution >= 0.6 is 23.2 Å². The largest absolute Gasteiger partial charge is 0.330 e. The molecule has 1 aromatic heterocycles. The number of benzene rings is 2. The highest BCUT2D eigenvalue weighted by Gasteiger charge is 2.23. The van der Waals surface area contributed by atoms with Crippen molar-refractivity contribution in [3.05, 3.63) is 75.9 Å². The summed E-state index contributed by atoms with van der Waals surface area (Å²) >= 11 is 12.0. The minimum atomic E-state index is -0.321. The summed E-state index contributed by atoms with van der Waals surface area (Å²) in [5, 5.41) is 8.27. The van der Waals surface area contributed by atoms with Crippen LogP contribution in [-0.4, -0.2) is 39.6 Å². The Balaban J connectivity index is 1.82. The number of anilines is 1. The maximum absolute atomic E-state index is 12.9. The van der Waals surface area contributed by atoms with Gasteiger partial charge in [0.15, 0.2) is 0 Å². The first-order chi connectivity index (χ1) is 15.1. The number of hydrogen-bond acceptors (Lipinski definition) is 3. The molecule has 0 saturated heterocycles. The smallest absolute Gasteiger partial charge is 0.254 e. The molecule has 0 unspecified atom stereocenters. The van der Waals surface area contributed by atoms with E-state index in [1.54, 1.807) is 16.8 Å². The number of rotatable bonds is 6. The van der Waals surface area contributed by atoms with Gasteiger partial charge in [0.05, 0.1) is 21.4 Å². The van der Waals surface area contributed by atoms with E-state index in [1.807, 2.05) is 43.3 Å². The van der Waals surface area contributed by atoms with E-state index in [4.69, 9.17) is 28.3 Å². The number of amides is 2. The van der Waals surface area contributed by atoms with Crippen molar-refractivity contribution >= 4 is 40.8 Å². The van der Waals surface area contributed by atoms with Crippen LogP contribution in [0.5, 0.6) is 0 Å². The van der Waals surface area contributed by atoms with Crippen molar-refractivity contribution in [3.63, 3.8) is 0 Å². The van der Waals surface area contributed by atoms with E-state index in [1.165, 1.54) is 11.0 Å². The summed E-state index contributed by atoms with van der Waals surface area (Å²) in [6.45, 7) is 8.24. The molecule has 3 aromatic rings. The molecular weight excluding hydrogens is 447 g/mol. The molecule has 0 aliphatic rings. The van der Waals surface area contributed by atoms with Gasteiger partial charge in [-0.05, 0) is 37.3 Å². The van der Waals surface area contributed by atoms with Gasteiger partial charge in [-0.3, -0.25) is 9.59 Å². The van der Waals surface area contributed by atoms with Crippen LogP contribution in [0.25, 0.3) is 5.69 Å². The Labute approximate surface area is 198 Å². The quantitative estimate of drug-likeness (QED) is 0.509. The number of nitrogens with zero attached hydrogens (tertiary/aromatic N) is 3. The summed E-state index contributed by atoms with van der Waals surface area (Å²) in [5.41, 5.74) is 1.85. The van der Waals surface area contributed by atoms with E-state index in [2.05, 4.69) is 26.1 Å². The average Bonchev–Trinajstić information content (AvgIpc) is 3.18. The predicted molar refractivity (Wildman–Crippen MR) is 129 cm³/mol. The van der Waals surface area contributed by atoms with E-state index in [-0.39, 0.29) is 23.8 Å². The highest BCUT2D eigenvalue weighted by atomic mass is 35.5. The van der Waals surface area contributed by atoms with Crippen LogP contribution in [-0.2, 0) is 10.2 Å². The first kappa shape index (κ1) is 23.8. The van der Waals surface area contributed by atoms with Gasteiger partial charge in [0, 0.05) is 23.6 Å². The molecule has 0 fully saturated rings. The van der Waals surface area contributed by atoms with Gasteiger partial charge in [-0.25, -0.2) is 4.68 Å². The minimum absolute atomic E-state index is 0.111. The van der Waals surface area contributed by atoms with Crippen molar-refractivity contribution in [3.8, 4) is 5.69 Å². The molecule has 0 atom stereocenters. The molecule has 0 aliphatic carbocycles. The molecule has 32 heavy (non-hydrogen) atoms. The number of halogens is 2. The maximum atomic E-state index is 12.9. The van der Waals surface area contributed by atoms with Gasteiger partial charge in [-0.1, -0.05) is 62.2 Å². The first-order valence-electron chi connectivity index (χ1n) is 10.3. The number of nitrogens with one attached hydrogen (secondary N) is 1. The van der Waals surface area contributed by atoms with Crippen LogP contribution < -0.4 is 5.32 Å². The fourth-order valence-electron chi connectivity index (χ4n) is 3.10. The Morgan fingerprint density at radius 1 is 1.03 bits per heavy atom. The Morgan fingerprint density at radius 3 is 2.31 bits per heavy atom. The van der Waals surface area contributed by atoms with Crippen molar-refractivity contribution in [2.24, 2.45) is 0 Å². The molecule has 2 amide bonds. The molecular formula is C24H26Cl2N4O2. The number of para-hydroxylation sites is 1. The van der Waals surface area contributed by atoms with Crippen LogP contribution in [0.1, 0.15) is 43.7 Å². The highest BCUT2D eigenvalue weighted by Crippen LogP contribution is 2.26. The molecule has 0 bridgehead atoms. The lowest BCUT2D eigenvalue weighted by molar-refractivity contribution is -0.116. The fraction of sp³-hybridized carbons (Fsp3) is 0.292. The summed E-state index contributed by atoms with van der Waals surface area (Å²) in [6.07, 6.45) is 0. The van der Waals surface area contributed by atoms with Gasteiger partial charge >= 0.3 is 0 Å². The second-order valence-corrected chi connectivity index (χ2v) is 9.22. The number of carbonyl (C=O) groups is 2. The summed E-state index contributed by atoms with van der Waals surface area (Å²) in [5.74, 6) is -0.0740. The third-order valence-electron chi connectivity index (χ3n) is 4.92. The monoisotopic (exact) mass is 472 g/mol. The molecule has 0 saturated carbocycles. The predicted octanol–water partition coefficient (Wildman–Crippen LogP) is 5.58. The third kappa shape index (κ3) is 5.50. The molecule has 8 heteroatoms. The molecule has 2 aromatic carbocycles. The van der Waals surface area contributed by atoms with Crippen molar-refractivity contribution in [2.45, 2.75) is 33.1 Å². The van der Waals surface area contributed by atoms with Crippen LogP contribution in [0.15, 0.2) is 54.6 Å². The SMILES string of the molecule is CCN(CC(=O)Nc1cc(C(C)(C)C)nn1-c1ccccc1)C(=O)c1ccc(Cl)c(Cl)c1. The molecule has 168 valence electrons. The molecule has 3 rings (SSSR count). The lowest BCUT2D eigenvalue weighted by Gasteiger charge is -2.20. The van der Waals surface area contributed by atoms with Gasteiger partial charge in [-0.15, -0.1) is 0 Å². The number of hydrogen-bond donors (Lipinski definition) is 1. The Morgan fingerprint density at radius 2 is 1.72 bits per heavy atom. The van der Waals surface area contributed by atoms with E-state index in [0.717, 1.165) is 11.4 Å². The van der Waals surface area contributed by atoms with Crippen molar-refractivity contribution in [1.29, 1.82) is 0 Å². The molecule has 0 aliphatic heterocycles. The van der Waals surface area contributed by atoms with Gasteiger partial charge < -0.3 is 10.2 Å². The molecule has 0 spiro atoms. The van der Waals surface area contributed by atoms with Crippen molar-refractivity contribution < 1.29 is 9.59 Å². The molecule has 0 radical (unpaired) electrons. The van der Waals surface area contributed by atoms with Gasteiger partial charge in [0.25, 0.3) is 5.91 Å². The van der Waals surface area contributed by atoms with Gasteiger partial charge in [0.1, 0.15) is 12.4 Å². The number of aromatic nitrogens is 2. The highest BCUT2D eigenvalue weighted by molar-refractivity contribution is 6.42. The van der Waals surface area contributed by atoms with Gasteiger partial charge in [-0.2, -0.15) is 5.10 Å². The van der Waals surface area contributed by atoms with E-state index < -0.39 is 0 Å². The summed E-state index contributed by atoms with van der Waals surface area (Å²) in [7, 11) is 0. The second kappa shape index (κ2) is 9.76. The van der Waals surface area contributed by atoms with Gasteiger partial charge in [0.2, 0.25) is 5.91 Å². The third-order valence-corrected chi connectivity index (χ3v) is 5.66. The van der Waals surface area contributed by atoms with Crippen molar-refractivity contribution in [1.82, 2.24) is 14.7 Å². The fourth-order valence-corrected chi connectivity index (χ4v) is 3.40. The Bertz CT molecular complexity index is 1120. The second-order valence-electron chi connectivity index (χ2n) is 8.41. The standard InChI is InChI=1S/C24H26Cl2N4O2/c1-5-29(23(32)16-11-12-18(25)19(26)13-16)15-22(31)27-21-14-20(24(2,3)4)28-30(21)17-9-7-6-8-10-17/h6-14H,5,15H2,1-4H3,(H,27,31). The van der Waals surface area contributed by atoms with E-state index in [0.29, 0.717) is 28.0 Å². The summed E-state index contributed by atoms with van der Waals surface area (Å²) in [4.78, 5) is 27.2. The van der Waals surface area contributed by atoms with Crippen LogP contribution in [0.3, 0.4) is 0 Å². The first-order valence-corrected chi connectivity index (χ1v) is 11.1. The number of likely N-dealkylation sites (N-methyl/N-ethyl adjacent to an activating group) is 1. The lowest BCUT2D eigenvalue weighted by atomic mass is 9.92. The zero-order valence-corrected chi connectivity index (χ0v) is 20.0. The lowest BCUT2D eigenvalue weighted by Crippen LogP contribution is -2.38. The minimum Gasteiger partial charge on any atom is -0.330 e. The zero-order valence-electron chi connectivity index (χ0n) is 18.5. The van der Waals surface area contributed by atoms with E-state index in [9.17, 15) is 9.59 Å². The Kier molecular flexibility index (Phi) is 7.26. The zero-order chi connectivity index (χ0) is 23.5. The van der Waals surface area contributed by atoms with Crippen LogP contribution in [0.2, 0.25) is 10.0 Å². The number of carbonyl (C=O) groups excluding carboxylic acids is 2. The topological polar surface area (TPSA) is 67.2 Å². The molecule has 1 heterocycles. The molecule has 6 nitrogen and oxygen atoms in total. The van der Waals surface area contributed by atoms with Crippen molar-refractivity contribution in [2.75, 3.05) is 18.4 Å².